The second-order valence-corrected chi connectivity index (χ2v) is 7.31. The van der Waals surface area contributed by atoms with Gasteiger partial charge in [0.05, 0.1) is 24.9 Å². The number of likely N-dealkylation sites (tertiary alicyclic amines) is 1. The van der Waals surface area contributed by atoms with Crippen molar-refractivity contribution >= 4 is 5.91 Å². The van der Waals surface area contributed by atoms with Gasteiger partial charge in [0.15, 0.2) is 0 Å². The summed E-state index contributed by atoms with van der Waals surface area (Å²) in [6.07, 6.45) is 2.46. The molecule has 2 fully saturated rings. The Morgan fingerprint density at radius 1 is 1.25 bits per heavy atom. The van der Waals surface area contributed by atoms with Gasteiger partial charge in [-0.15, -0.1) is 0 Å². The molecule has 1 amide bonds. The fourth-order valence-corrected chi connectivity index (χ4v) is 3.90. The van der Waals surface area contributed by atoms with Crippen LogP contribution in [-0.2, 0) is 16.1 Å². The first-order valence-electron chi connectivity index (χ1n) is 9.12. The van der Waals surface area contributed by atoms with Crippen molar-refractivity contribution in [3.8, 4) is 0 Å². The van der Waals surface area contributed by atoms with Gasteiger partial charge in [-0.3, -0.25) is 14.4 Å². The standard InChI is InChI=1S/C18H30N4O2/c1-14-10-15(2)22(19-14)13-18-12-20(8-9-24-18)11-17-4-6-21(7-5-17)16(3)23/h10,17-18H,4-9,11-13H2,1-3H3. The van der Waals surface area contributed by atoms with Crippen LogP contribution in [0.3, 0.4) is 0 Å². The molecular weight excluding hydrogens is 304 g/mol. The summed E-state index contributed by atoms with van der Waals surface area (Å²) in [6, 6.07) is 2.11. The molecule has 0 spiro atoms. The molecule has 1 aromatic heterocycles. The first-order chi connectivity index (χ1) is 11.5. The molecule has 2 aliphatic rings. The van der Waals surface area contributed by atoms with Gasteiger partial charge in [-0.25, -0.2) is 0 Å². The number of aryl methyl sites for hydroxylation is 2. The van der Waals surface area contributed by atoms with Crippen molar-refractivity contribution in [3.05, 3.63) is 17.5 Å². The molecule has 0 N–H and O–H groups in total. The van der Waals surface area contributed by atoms with E-state index in [1.165, 1.54) is 5.69 Å². The van der Waals surface area contributed by atoms with Gasteiger partial charge >= 0.3 is 0 Å². The smallest absolute Gasteiger partial charge is 0.219 e. The fourth-order valence-electron chi connectivity index (χ4n) is 3.90. The number of morpholine rings is 1. The van der Waals surface area contributed by atoms with Crippen LogP contribution >= 0.6 is 0 Å². The molecule has 3 heterocycles. The Hall–Kier alpha value is -1.40. The van der Waals surface area contributed by atoms with E-state index in [2.05, 4.69) is 27.7 Å². The number of amides is 1. The highest BCUT2D eigenvalue weighted by atomic mass is 16.5. The molecule has 134 valence electrons. The van der Waals surface area contributed by atoms with Crippen molar-refractivity contribution in [2.75, 3.05) is 39.3 Å². The van der Waals surface area contributed by atoms with Crippen molar-refractivity contribution in [1.82, 2.24) is 19.6 Å². The second-order valence-electron chi connectivity index (χ2n) is 7.31. The van der Waals surface area contributed by atoms with Crippen molar-refractivity contribution in [3.63, 3.8) is 0 Å². The summed E-state index contributed by atoms with van der Waals surface area (Å²) in [7, 11) is 0. The highest BCUT2D eigenvalue weighted by Crippen LogP contribution is 2.20. The van der Waals surface area contributed by atoms with Crippen LogP contribution in [0.4, 0.5) is 0 Å². The lowest BCUT2D eigenvalue weighted by Gasteiger charge is -2.38. The largest absolute Gasteiger partial charge is 0.374 e. The number of piperidine rings is 1. The molecule has 2 aliphatic heterocycles. The van der Waals surface area contributed by atoms with E-state index in [9.17, 15) is 4.79 Å². The van der Waals surface area contributed by atoms with Crippen LogP contribution < -0.4 is 0 Å². The molecule has 24 heavy (non-hydrogen) atoms. The minimum absolute atomic E-state index is 0.213. The summed E-state index contributed by atoms with van der Waals surface area (Å²) in [4.78, 5) is 15.9. The number of hydrogen-bond donors (Lipinski definition) is 0. The SMILES string of the molecule is CC(=O)N1CCC(CN2CCOC(Cn3nc(C)cc3C)C2)CC1. The van der Waals surface area contributed by atoms with Crippen LogP contribution in [0.15, 0.2) is 6.07 Å². The maximum atomic E-state index is 11.4. The summed E-state index contributed by atoms with van der Waals surface area (Å²) in [5.41, 5.74) is 2.27. The Balaban J connectivity index is 1.47. The number of carbonyl (C=O) groups is 1. The minimum atomic E-state index is 0.213. The lowest BCUT2D eigenvalue weighted by atomic mass is 9.96. The zero-order valence-corrected chi connectivity index (χ0v) is 15.2. The Kier molecular flexibility index (Phi) is 5.56. The van der Waals surface area contributed by atoms with Crippen LogP contribution in [0.5, 0.6) is 0 Å². The molecule has 0 saturated carbocycles. The van der Waals surface area contributed by atoms with Crippen molar-refractivity contribution in [2.45, 2.75) is 46.3 Å². The van der Waals surface area contributed by atoms with E-state index < -0.39 is 0 Å². The number of aromatic nitrogens is 2. The van der Waals surface area contributed by atoms with Gasteiger partial charge in [-0.1, -0.05) is 0 Å². The molecule has 0 aliphatic carbocycles. The third-order valence-electron chi connectivity index (χ3n) is 5.28. The normalized spacial score (nSPS) is 23.6. The van der Waals surface area contributed by atoms with E-state index in [0.717, 1.165) is 64.4 Å². The summed E-state index contributed by atoms with van der Waals surface area (Å²) in [5.74, 6) is 0.915. The highest BCUT2D eigenvalue weighted by molar-refractivity contribution is 5.73. The fraction of sp³-hybridized carbons (Fsp3) is 0.778. The maximum Gasteiger partial charge on any atom is 0.219 e. The Labute approximate surface area is 144 Å². The first-order valence-corrected chi connectivity index (χ1v) is 9.12. The van der Waals surface area contributed by atoms with Crippen molar-refractivity contribution in [1.29, 1.82) is 0 Å². The number of nitrogens with zero attached hydrogens (tertiary/aromatic N) is 4. The van der Waals surface area contributed by atoms with Gasteiger partial charge in [0.1, 0.15) is 0 Å². The van der Waals surface area contributed by atoms with E-state index >= 15 is 0 Å². The summed E-state index contributed by atoms with van der Waals surface area (Å²) in [6.45, 7) is 12.4. The number of ether oxygens (including phenoxy) is 1. The molecular formula is C18H30N4O2. The zero-order chi connectivity index (χ0) is 17.1. The first kappa shape index (κ1) is 17.4. The quantitative estimate of drug-likeness (QED) is 0.836. The highest BCUT2D eigenvalue weighted by Gasteiger charge is 2.26. The van der Waals surface area contributed by atoms with E-state index in [-0.39, 0.29) is 12.0 Å². The van der Waals surface area contributed by atoms with Crippen LogP contribution in [-0.4, -0.2) is 70.9 Å². The average Bonchev–Trinajstić information content (AvgIpc) is 2.86. The number of rotatable bonds is 4. The molecule has 1 atom stereocenters. The lowest BCUT2D eigenvalue weighted by Crippen LogP contribution is -2.47. The molecule has 0 radical (unpaired) electrons. The van der Waals surface area contributed by atoms with Crippen LogP contribution in [0.2, 0.25) is 0 Å². The molecule has 0 bridgehead atoms. The van der Waals surface area contributed by atoms with E-state index in [1.54, 1.807) is 6.92 Å². The van der Waals surface area contributed by atoms with Gasteiger partial charge < -0.3 is 9.64 Å². The topological polar surface area (TPSA) is 50.6 Å². The summed E-state index contributed by atoms with van der Waals surface area (Å²) >= 11 is 0. The predicted molar refractivity (Wildman–Crippen MR) is 92.9 cm³/mol. The van der Waals surface area contributed by atoms with Gasteiger partial charge in [-0.2, -0.15) is 5.10 Å². The Bertz CT molecular complexity index is 563. The molecule has 6 nitrogen and oxygen atoms in total. The van der Waals surface area contributed by atoms with Gasteiger partial charge in [0.2, 0.25) is 5.91 Å². The molecule has 0 aromatic carbocycles. The van der Waals surface area contributed by atoms with E-state index in [0.29, 0.717) is 5.92 Å². The van der Waals surface area contributed by atoms with Crippen LogP contribution in [0, 0.1) is 19.8 Å². The molecule has 1 unspecified atom stereocenters. The average molecular weight is 334 g/mol. The van der Waals surface area contributed by atoms with Gasteiger partial charge in [0.25, 0.3) is 0 Å². The summed E-state index contributed by atoms with van der Waals surface area (Å²) < 4.78 is 8.02. The van der Waals surface area contributed by atoms with Crippen LogP contribution in [0.1, 0.15) is 31.2 Å². The lowest BCUT2D eigenvalue weighted by molar-refractivity contribution is -0.130. The second kappa shape index (κ2) is 7.66. The Morgan fingerprint density at radius 3 is 2.62 bits per heavy atom. The third kappa shape index (κ3) is 4.36. The molecule has 3 rings (SSSR count). The van der Waals surface area contributed by atoms with E-state index in [4.69, 9.17) is 4.74 Å². The van der Waals surface area contributed by atoms with E-state index in [1.807, 2.05) is 11.8 Å². The molecule has 1 aromatic rings. The maximum absolute atomic E-state index is 11.4. The zero-order valence-electron chi connectivity index (χ0n) is 15.2. The predicted octanol–water partition coefficient (Wildman–Crippen LogP) is 1.46. The Morgan fingerprint density at radius 2 is 2.00 bits per heavy atom. The van der Waals surface area contributed by atoms with Gasteiger partial charge in [0, 0.05) is 45.3 Å². The third-order valence-corrected chi connectivity index (χ3v) is 5.28. The van der Waals surface area contributed by atoms with Crippen molar-refractivity contribution in [2.24, 2.45) is 5.92 Å². The number of hydrogen-bond acceptors (Lipinski definition) is 4. The van der Waals surface area contributed by atoms with Crippen LogP contribution in [0.25, 0.3) is 0 Å². The monoisotopic (exact) mass is 334 g/mol. The van der Waals surface area contributed by atoms with Crippen molar-refractivity contribution < 1.29 is 9.53 Å². The molecule has 2 saturated heterocycles. The minimum Gasteiger partial charge on any atom is -0.374 e. The summed E-state index contributed by atoms with van der Waals surface area (Å²) in [5, 5.41) is 4.55. The molecule has 6 heteroatoms. The van der Waals surface area contributed by atoms with Gasteiger partial charge in [-0.05, 0) is 38.7 Å². The number of carbonyl (C=O) groups excluding carboxylic acids is 1.